The second-order valence-corrected chi connectivity index (χ2v) is 18.3. The zero-order valence-electron chi connectivity index (χ0n) is 40.5. The molecule has 5 heterocycles. The Hall–Kier alpha value is -8.51. The van der Waals surface area contributed by atoms with E-state index in [0.29, 0.717) is 51.8 Å². The van der Waals surface area contributed by atoms with Gasteiger partial charge in [-0.25, -0.2) is 14.2 Å². The summed E-state index contributed by atoms with van der Waals surface area (Å²) in [4.78, 5) is 144. The summed E-state index contributed by atoms with van der Waals surface area (Å²) >= 11 is 0. The molecule has 0 saturated carbocycles. The highest BCUT2D eigenvalue weighted by Gasteiger charge is 2.38. The number of rotatable bonds is 22. The number of nitrogens with one attached hydrogen (secondary N) is 6. The number of nitrogens with zero attached hydrogens (tertiary/aromatic N) is 3. The molecule has 0 fully saturated rings. The van der Waals surface area contributed by atoms with Crippen LogP contribution in [0.4, 0.5) is 4.39 Å². The van der Waals surface area contributed by atoms with E-state index in [1.165, 1.54) is 16.7 Å². The van der Waals surface area contributed by atoms with E-state index in [1.807, 2.05) is 12.1 Å². The van der Waals surface area contributed by atoms with Crippen molar-refractivity contribution in [1.29, 1.82) is 0 Å². The number of aromatic nitrogens is 2. The van der Waals surface area contributed by atoms with Crippen molar-refractivity contribution >= 4 is 69.9 Å². The summed E-state index contributed by atoms with van der Waals surface area (Å²) in [6, 6.07) is 11.2. The molecule has 23 nitrogen and oxygen atoms in total. The zero-order chi connectivity index (χ0) is 53.5. The van der Waals surface area contributed by atoms with E-state index in [9.17, 15) is 57.8 Å². The van der Waals surface area contributed by atoms with Crippen molar-refractivity contribution in [1.82, 2.24) is 46.4 Å². The number of hydrogen-bond acceptors (Lipinski definition) is 15. The SMILES string of the molecule is Cc1c(F)cc2nc3c(c4c2c1CC[C@@H]4NC(=O)COCNC(=O)CNC(=O)[C@@H](CCC(=O)CNC(=O)CNC(=O)CCNC(=O)CN1C(=O)C=CC1=O)Cc1ccccc1)Cn1c-3cc2c(c1=O)COC(=O)[C@H]2O. The molecular formula is C51H52FN9O14. The van der Waals surface area contributed by atoms with Crippen LogP contribution in [0.3, 0.4) is 0 Å². The van der Waals surface area contributed by atoms with Crippen LogP contribution in [0.5, 0.6) is 0 Å². The van der Waals surface area contributed by atoms with E-state index in [0.717, 1.165) is 28.2 Å². The smallest absolute Gasteiger partial charge is 0.340 e. The zero-order valence-corrected chi connectivity index (χ0v) is 40.5. The van der Waals surface area contributed by atoms with Crippen LogP contribution in [-0.2, 0) is 83.4 Å². The minimum atomic E-state index is -1.67. The van der Waals surface area contributed by atoms with Crippen molar-refractivity contribution in [3.05, 3.63) is 110 Å². The Balaban J connectivity index is 0.780. The highest BCUT2D eigenvalue weighted by molar-refractivity contribution is 6.14. The van der Waals surface area contributed by atoms with Crippen LogP contribution in [0.15, 0.2) is 59.4 Å². The Morgan fingerprint density at radius 2 is 1.56 bits per heavy atom. The van der Waals surface area contributed by atoms with E-state index in [1.54, 1.807) is 25.1 Å². The van der Waals surface area contributed by atoms with Gasteiger partial charge < -0.3 is 51.0 Å². The molecule has 8 rings (SSSR count). The highest BCUT2D eigenvalue weighted by Crippen LogP contribution is 2.45. The maximum absolute atomic E-state index is 15.3. The lowest BCUT2D eigenvalue weighted by Gasteiger charge is -2.29. The maximum Gasteiger partial charge on any atom is 0.340 e. The van der Waals surface area contributed by atoms with E-state index < -0.39 is 121 Å². The number of ether oxygens (including phenoxy) is 2. The summed E-state index contributed by atoms with van der Waals surface area (Å²) in [6.07, 6.45) is 1.17. The molecule has 1 aliphatic carbocycles. The van der Waals surface area contributed by atoms with E-state index in [-0.39, 0.29) is 63.1 Å². The Labute approximate surface area is 425 Å². The number of fused-ring (bicyclic) bond motifs is 5. The third kappa shape index (κ3) is 12.1. The van der Waals surface area contributed by atoms with Crippen LogP contribution in [0.2, 0.25) is 0 Å². The van der Waals surface area contributed by atoms with Gasteiger partial charge in [-0.2, -0.15) is 0 Å². The number of ketones is 1. The molecule has 4 aliphatic rings. The summed E-state index contributed by atoms with van der Waals surface area (Å²) in [7, 11) is 0. The minimum absolute atomic E-state index is 0.0567. The van der Waals surface area contributed by atoms with E-state index in [2.05, 4.69) is 31.9 Å². The number of cyclic esters (lactones) is 1. The molecule has 3 aliphatic heterocycles. The van der Waals surface area contributed by atoms with Crippen molar-refractivity contribution in [2.45, 2.75) is 70.7 Å². The van der Waals surface area contributed by atoms with E-state index >= 15 is 4.39 Å². The van der Waals surface area contributed by atoms with Gasteiger partial charge in [-0.15, -0.1) is 0 Å². The molecule has 3 atom stereocenters. The van der Waals surface area contributed by atoms with Gasteiger partial charge in [-0.05, 0) is 60.9 Å². The van der Waals surface area contributed by atoms with Crippen molar-refractivity contribution < 1.29 is 66.9 Å². The molecule has 8 amide bonds. The number of halogens is 1. The topological polar surface area (TPSA) is 320 Å². The number of esters is 1. The molecule has 0 spiro atoms. The molecule has 7 N–H and O–H groups in total. The first-order valence-electron chi connectivity index (χ1n) is 24.0. The van der Waals surface area contributed by atoms with Crippen LogP contribution in [0, 0.1) is 18.7 Å². The number of Topliss-reactive ketones (excluding diaryl/α,β-unsaturated/α-hetero) is 1. The van der Waals surface area contributed by atoms with Crippen LogP contribution < -0.4 is 37.5 Å². The molecule has 2 aromatic carbocycles. The third-order valence-electron chi connectivity index (χ3n) is 13.3. The van der Waals surface area contributed by atoms with Crippen molar-refractivity contribution in [3.8, 4) is 11.4 Å². The molecule has 4 aromatic rings. The normalized spacial score (nSPS) is 16.3. The largest absolute Gasteiger partial charge is 0.458 e. The number of benzene rings is 2. The molecule has 0 radical (unpaired) electrons. The fourth-order valence-corrected chi connectivity index (χ4v) is 9.41. The van der Waals surface area contributed by atoms with Gasteiger partial charge in [0.1, 0.15) is 32.3 Å². The second kappa shape index (κ2) is 23.1. The van der Waals surface area contributed by atoms with Gasteiger partial charge in [0.2, 0.25) is 35.4 Å². The predicted octanol–water partition coefficient (Wildman–Crippen LogP) is -0.855. The number of aliphatic hydroxyl groups is 1. The van der Waals surface area contributed by atoms with Gasteiger partial charge >= 0.3 is 5.97 Å². The monoisotopic (exact) mass is 1030 g/mol. The number of aryl methyl sites for hydroxylation is 1. The lowest BCUT2D eigenvalue weighted by atomic mass is 9.81. The Kier molecular flexibility index (Phi) is 16.3. The third-order valence-corrected chi connectivity index (χ3v) is 13.3. The number of aliphatic hydroxyl groups excluding tert-OH is 1. The fourth-order valence-electron chi connectivity index (χ4n) is 9.41. The van der Waals surface area contributed by atoms with Crippen LogP contribution >= 0.6 is 0 Å². The minimum Gasteiger partial charge on any atom is -0.458 e. The van der Waals surface area contributed by atoms with Gasteiger partial charge in [0.05, 0.1) is 54.7 Å². The molecule has 2 aromatic heterocycles. The van der Waals surface area contributed by atoms with Gasteiger partial charge in [-0.3, -0.25) is 52.8 Å². The average Bonchev–Trinajstić information content (AvgIpc) is 3.92. The van der Waals surface area contributed by atoms with Crippen molar-refractivity contribution in [3.63, 3.8) is 0 Å². The molecule has 0 unspecified atom stereocenters. The molecule has 0 saturated heterocycles. The quantitative estimate of drug-likeness (QED) is 0.0192. The lowest BCUT2D eigenvalue weighted by molar-refractivity contribution is -0.157. The lowest BCUT2D eigenvalue weighted by Crippen LogP contribution is -2.42. The molecule has 392 valence electrons. The van der Waals surface area contributed by atoms with Crippen LogP contribution in [-0.4, -0.2) is 125 Å². The van der Waals surface area contributed by atoms with Gasteiger partial charge in [0.25, 0.3) is 17.4 Å². The van der Waals surface area contributed by atoms with Gasteiger partial charge in [-0.1, -0.05) is 30.3 Å². The highest BCUT2D eigenvalue weighted by atomic mass is 19.1. The summed E-state index contributed by atoms with van der Waals surface area (Å²) in [5.74, 6) is -7.35. The number of amides is 8. The van der Waals surface area contributed by atoms with Crippen LogP contribution in [0.25, 0.3) is 22.3 Å². The van der Waals surface area contributed by atoms with Crippen molar-refractivity contribution in [2.75, 3.05) is 46.1 Å². The summed E-state index contributed by atoms with van der Waals surface area (Å²) in [6.45, 7) is -1.39. The number of carbonyl (C=O) groups excluding carboxylic acids is 10. The van der Waals surface area contributed by atoms with E-state index in [4.69, 9.17) is 14.5 Å². The number of pyridine rings is 2. The van der Waals surface area contributed by atoms with Crippen molar-refractivity contribution in [2.24, 2.45) is 5.92 Å². The predicted molar refractivity (Wildman–Crippen MR) is 259 cm³/mol. The van der Waals surface area contributed by atoms with Gasteiger partial charge in [0, 0.05) is 60.0 Å². The first-order valence-corrected chi connectivity index (χ1v) is 24.0. The number of hydrogen-bond donors (Lipinski definition) is 7. The number of carbonyl (C=O) groups is 10. The first kappa shape index (κ1) is 52.8. The average molecular weight is 1030 g/mol. The number of imide groups is 1. The summed E-state index contributed by atoms with van der Waals surface area (Å²) in [5.41, 5.74) is 3.97. The Morgan fingerprint density at radius 1 is 0.840 bits per heavy atom. The summed E-state index contributed by atoms with van der Waals surface area (Å²) < 4.78 is 27.2. The van der Waals surface area contributed by atoms with Gasteiger partial charge in [0.15, 0.2) is 11.9 Å². The summed E-state index contributed by atoms with van der Waals surface area (Å²) in [5, 5.41) is 26.5. The first-order chi connectivity index (χ1) is 36.0. The standard InChI is InChI=1S/C51H52FN9O14/c1-26-30-9-10-35(46-32-21-60-37(47(32)59-36(45(30)46)17-34(26)52)16-31-33(50(60)72)23-75-51(73)48(31)70)58-42(67)24-74-25-57-40(65)20-56-49(71)28(15-27-5-3-2-4-6-27)7-8-29(62)18-54-39(64)19-55-38(63)13-14-53-41(66)22-61-43(68)11-12-44(61)69/h2-6,11-12,16-17,28,35,48,70H,7-10,13-15,18-25H2,1H3,(H,53,66)(H,54,64)(H,55,63)(H,56,71)(H,57,65)(H,58,67)/t28-,35-,48-/m0/s1. The molecule has 0 bridgehead atoms. The second-order valence-electron chi connectivity index (χ2n) is 18.3. The fraction of sp³-hybridized carbons (Fsp3) is 0.373. The molecule has 75 heavy (non-hydrogen) atoms. The molecule has 24 heteroatoms. The Bertz CT molecular complexity index is 3120. The molecular weight excluding hydrogens is 982 g/mol. The van der Waals surface area contributed by atoms with Crippen LogP contribution in [0.1, 0.15) is 76.8 Å². The maximum atomic E-state index is 15.3. The Morgan fingerprint density at radius 3 is 2.32 bits per heavy atom.